The fourth-order valence-electron chi connectivity index (χ4n) is 2.67. The monoisotopic (exact) mass is 312 g/mol. The van der Waals surface area contributed by atoms with Gasteiger partial charge in [0.1, 0.15) is 0 Å². The molecule has 0 aromatic heterocycles. The van der Waals surface area contributed by atoms with Crippen LogP contribution in [-0.2, 0) is 14.8 Å². The Balaban J connectivity index is 2.07. The molecule has 2 rings (SSSR count). The summed E-state index contributed by atoms with van der Waals surface area (Å²) in [7, 11) is -1.73. The maximum atomic E-state index is 12.8. The van der Waals surface area contributed by atoms with Gasteiger partial charge in [-0.05, 0) is 25.0 Å². The van der Waals surface area contributed by atoms with E-state index >= 15 is 0 Å². The molecular weight excluding hydrogens is 288 g/mol. The van der Waals surface area contributed by atoms with Gasteiger partial charge in [0.15, 0.2) is 0 Å². The van der Waals surface area contributed by atoms with Crippen LogP contribution in [0.1, 0.15) is 19.3 Å². The normalized spacial score (nSPS) is 20.5. The van der Waals surface area contributed by atoms with Gasteiger partial charge in [0.25, 0.3) is 0 Å². The summed E-state index contributed by atoms with van der Waals surface area (Å²) in [6.07, 6.45) is 2.92. The fraction of sp³-hybridized carbons (Fsp3) is 0.600. The van der Waals surface area contributed by atoms with Gasteiger partial charge in [0.2, 0.25) is 10.0 Å². The third kappa shape index (κ3) is 4.26. The van der Waals surface area contributed by atoms with Crippen LogP contribution in [-0.4, -0.2) is 52.1 Å². The number of hydrogen-bond donors (Lipinski definition) is 1. The number of benzene rings is 1. The second kappa shape index (κ2) is 7.89. The standard InChI is InChI=1S/C15H24N2O3S/c1-20-12-10-16-13-14-7-5-6-11-17(14)21(18,19)15-8-3-2-4-9-15/h2-4,8-9,14,16H,5-7,10-13H2,1H3. The van der Waals surface area contributed by atoms with Crippen LogP contribution in [0, 0.1) is 0 Å². The van der Waals surface area contributed by atoms with E-state index < -0.39 is 10.0 Å². The number of nitrogens with one attached hydrogen (secondary N) is 1. The quantitative estimate of drug-likeness (QED) is 0.775. The maximum Gasteiger partial charge on any atom is 0.243 e. The van der Waals surface area contributed by atoms with E-state index in [0.717, 1.165) is 25.8 Å². The van der Waals surface area contributed by atoms with Gasteiger partial charge in [-0.2, -0.15) is 4.31 Å². The van der Waals surface area contributed by atoms with Gasteiger partial charge in [-0.15, -0.1) is 0 Å². The van der Waals surface area contributed by atoms with Crippen molar-refractivity contribution in [1.29, 1.82) is 0 Å². The number of methoxy groups -OCH3 is 1. The molecule has 0 radical (unpaired) electrons. The molecule has 0 spiro atoms. The molecule has 1 aliphatic rings. The van der Waals surface area contributed by atoms with Crippen molar-refractivity contribution in [3.05, 3.63) is 30.3 Å². The molecule has 21 heavy (non-hydrogen) atoms. The molecule has 5 nitrogen and oxygen atoms in total. The Hall–Kier alpha value is -0.950. The van der Waals surface area contributed by atoms with Crippen molar-refractivity contribution in [2.75, 3.05) is 33.4 Å². The van der Waals surface area contributed by atoms with Crippen molar-refractivity contribution in [2.24, 2.45) is 0 Å². The third-order valence-electron chi connectivity index (χ3n) is 3.79. The van der Waals surface area contributed by atoms with Crippen LogP contribution in [0.2, 0.25) is 0 Å². The van der Waals surface area contributed by atoms with Gasteiger partial charge in [-0.25, -0.2) is 8.42 Å². The molecule has 1 aromatic carbocycles. The van der Waals surface area contributed by atoms with Gasteiger partial charge < -0.3 is 10.1 Å². The highest BCUT2D eigenvalue weighted by Gasteiger charge is 2.32. The largest absolute Gasteiger partial charge is 0.383 e. The number of rotatable bonds is 7. The molecular formula is C15H24N2O3S. The maximum absolute atomic E-state index is 12.8. The molecule has 0 amide bonds. The summed E-state index contributed by atoms with van der Waals surface area (Å²) >= 11 is 0. The predicted octanol–water partition coefficient (Wildman–Crippen LogP) is 1.47. The summed E-state index contributed by atoms with van der Waals surface area (Å²) in [6, 6.07) is 8.73. The molecule has 1 atom stereocenters. The van der Waals surface area contributed by atoms with E-state index in [4.69, 9.17) is 4.74 Å². The Bertz CT molecular complexity index is 519. The van der Waals surface area contributed by atoms with E-state index in [1.54, 1.807) is 35.7 Å². The van der Waals surface area contributed by atoms with Crippen LogP contribution < -0.4 is 5.32 Å². The first-order valence-electron chi connectivity index (χ1n) is 7.43. The van der Waals surface area contributed by atoms with Crippen molar-refractivity contribution in [3.63, 3.8) is 0 Å². The smallest absolute Gasteiger partial charge is 0.243 e. The van der Waals surface area contributed by atoms with Crippen LogP contribution in [0.25, 0.3) is 0 Å². The lowest BCUT2D eigenvalue weighted by molar-refractivity contribution is 0.191. The number of sulfonamides is 1. The summed E-state index contributed by atoms with van der Waals surface area (Å²) in [6.45, 7) is 2.66. The first kappa shape index (κ1) is 16.4. The van der Waals surface area contributed by atoms with Crippen LogP contribution in [0.4, 0.5) is 0 Å². The van der Waals surface area contributed by atoms with E-state index in [9.17, 15) is 8.42 Å². The second-order valence-corrected chi connectivity index (χ2v) is 7.17. The summed E-state index contributed by atoms with van der Waals surface area (Å²) in [5.41, 5.74) is 0. The van der Waals surface area contributed by atoms with Crippen molar-refractivity contribution in [3.8, 4) is 0 Å². The lowest BCUT2D eigenvalue weighted by Gasteiger charge is -2.34. The average molecular weight is 312 g/mol. The van der Waals surface area contributed by atoms with Crippen molar-refractivity contribution in [2.45, 2.75) is 30.2 Å². The molecule has 0 bridgehead atoms. The average Bonchev–Trinajstić information content (AvgIpc) is 2.53. The second-order valence-electron chi connectivity index (χ2n) is 5.28. The van der Waals surface area contributed by atoms with E-state index in [0.29, 0.717) is 24.6 Å². The van der Waals surface area contributed by atoms with Gasteiger partial charge in [0.05, 0.1) is 11.5 Å². The van der Waals surface area contributed by atoms with E-state index in [2.05, 4.69) is 5.32 Å². The summed E-state index contributed by atoms with van der Waals surface area (Å²) in [4.78, 5) is 0.383. The highest BCUT2D eigenvalue weighted by atomic mass is 32.2. The van der Waals surface area contributed by atoms with Crippen LogP contribution in [0.3, 0.4) is 0 Å². The van der Waals surface area contributed by atoms with Crippen LogP contribution in [0.15, 0.2) is 35.2 Å². The minimum Gasteiger partial charge on any atom is -0.383 e. The Morgan fingerprint density at radius 1 is 1.29 bits per heavy atom. The molecule has 1 fully saturated rings. The molecule has 0 aliphatic carbocycles. The summed E-state index contributed by atoms with van der Waals surface area (Å²) in [5.74, 6) is 0. The van der Waals surface area contributed by atoms with Crippen LogP contribution in [0.5, 0.6) is 0 Å². The Kier molecular flexibility index (Phi) is 6.17. The number of piperidine rings is 1. The molecule has 6 heteroatoms. The zero-order valence-corrected chi connectivity index (χ0v) is 13.3. The predicted molar refractivity (Wildman–Crippen MR) is 82.7 cm³/mol. The van der Waals surface area contributed by atoms with Gasteiger partial charge in [0, 0.05) is 32.8 Å². The topological polar surface area (TPSA) is 58.6 Å². The third-order valence-corrected chi connectivity index (χ3v) is 5.75. The first-order valence-corrected chi connectivity index (χ1v) is 8.87. The zero-order chi connectivity index (χ0) is 15.1. The van der Waals surface area contributed by atoms with Gasteiger partial charge in [-0.3, -0.25) is 0 Å². The lowest BCUT2D eigenvalue weighted by atomic mass is 10.1. The van der Waals surface area contributed by atoms with Crippen LogP contribution >= 0.6 is 0 Å². The highest BCUT2D eigenvalue weighted by Crippen LogP contribution is 2.24. The lowest BCUT2D eigenvalue weighted by Crippen LogP contribution is -2.48. The Morgan fingerprint density at radius 3 is 2.76 bits per heavy atom. The minimum absolute atomic E-state index is 0.0285. The number of nitrogens with zero attached hydrogens (tertiary/aromatic N) is 1. The number of ether oxygens (including phenoxy) is 1. The van der Waals surface area contributed by atoms with E-state index in [1.807, 2.05) is 6.07 Å². The molecule has 1 unspecified atom stereocenters. The van der Waals surface area contributed by atoms with E-state index in [-0.39, 0.29) is 6.04 Å². The minimum atomic E-state index is -3.39. The zero-order valence-electron chi connectivity index (χ0n) is 12.5. The molecule has 1 heterocycles. The number of hydrogen-bond acceptors (Lipinski definition) is 4. The summed E-state index contributed by atoms with van der Waals surface area (Å²) in [5, 5.41) is 3.28. The molecule has 1 N–H and O–H groups in total. The molecule has 1 aromatic rings. The van der Waals surface area contributed by atoms with Gasteiger partial charge >= 0.3 is 0 Å². The molecule has 0 saturated carbocycles. The van der Waals surface area contributed by atoms with E-state index in [1.165, 1.54) is 0 Å². The molecule has 118 valence electrons. The van der Waals surface area contributed by atoms with Crippen molar-refractivity contribution in [1.82, 2.24) is 9.62 Å². The SMILES string of the molecule is COCCNCC1CCCCN1S(=O)(=O)c1ccccc1. The molecule has 1 aliphatic heterocycles. The summed E-state index contributed by atoms with van der Waals surface area (Å²) < 4.78 is 32.2. The highest BCUT2D eigenvalue weighted by molar-refractivity contribution is 7.89. The first-order chi connectivity index (χ1) is 10.2. The van der Waals surface area contributed by atoms with Crippen molar-refractivity contribution >= 4 is 10.0 Å². The Labute approximate surface area is 127 Å². The Morgan fingerprint density at radius 2 is 2.05 bits per heavy atom. The fourth-order valence-corrected chi connectivity index (χ4v) is 4.38. The molecule has 1 saturated heterocycles. The van der Waals surface area contributed by atoms with Crippen molar-refractivity contribution < 1.29 is 13.2 Å². The van der Waals surface area contributed by atoms with Gasteiger partial charge in [-0.1, -0.05) is 24.6 Å².